The van der Waals surface area contributed by atoms with Crippen LogP contribution in [0, 0.1) is 0 Å². The molecule has 13 heavy (non-hydrogen) atoms. The van der Waals surface area contributed by atoms with Gasteiger partial charge in [0.1, 0.15) is 0 Å². The third kappa shape index (κ3) is 3.44. The summed E-state index contributed by atoms with van der Waals surface area (Å²) in [5.74, 6) is 0. The third-order valence-corrected chi connectivity index (χ3v) is 2.65. The fraction of sp³-hybridized carbons (Fsp3) is 0.200. The molecule has 0 radical (unpaired) electrons. The monoisotopic (exact) mass is 257 g/mol. The van der Waals surface area contributed by atoms with Crippen LogP contribution in [0.1, 0.15) is 0 Å². The van der Waals surface area contributed by atoms with E-state index in [0.717, 1.165) is 16.7 Å². The third-order valence-electron chi connectivity index (χ3n) is 1.58. The summed E-state index contributed by atoms with van der Waals surface area (Å²) in [4.78, 5) is 1.26. The molecular weight excluding hydrogens is 246 g/mol. The fourth-order valence-corrected chi connectivity index (χ4v) is 1.70. The Labute approximate surface area is 91.7 Å². The standard InChI is InChI=1S/C10H12BrNS/c1-8(11)7-12-9-5-3-4-6-10(9)13-2/h3-6,12H,1,7H2,2H3. The van der Waals surface area contributed by atoms with E-state index in [4.69, 9.17) is 0 Å². The average Bonchev–Trinajstić information content (AvgIpc) is 2.15. The highest BCUT2D eigenvalue weighted by Gasteiger charge is 1.98. The van der Waals surface area contributed by atoms with Gasteiger partial charge in [0.15, 0.2) is 0 Å². The lowest BCUT2D eigenvalue weighted by Gasteiger charge is -2.08. The molecule has 0 aliphatic rings. The first-order valence-corrected chi connectivity index (χ1v) is 5.96. The quantitative estimate of drug-likeness (QED) is 0.826. The lowest BCUT2D eigenvalue weighted by atomic mass is 10.3. The Kier molecular flexibility index (Phi) is 4.39. The predicted molar refractivity (Wildman–Crippen MR) is 64.8 cm³/mol. The van der Waals surface area contributed by atoms with E-state index in [1.165, 1.54) is 4.90 Å². The van der Waals surface area contributed by atoms with Crippen molar-refractivity contribution in [3.05, 3.63) is 35.3 Å². The van der Waals surface area contributed by atoms with Crippen molar-refractivity contribution in [3.8, 4) is 0 Å². The molecule has 3 heteroatoms. The molecule has 0 aromatic heterocycles. The molecule has 0 heterocycles. The SMILES string of the molecule is C=C(Br)CNc1ccccc1SC. The molecule has 0 amide bonds. The molecule has 0 atom stereocenters. The first kappa shape index (κ1) is 10.7. The summed E-state index contributed by atoms with van der Waals surface area (Å²) in [5, 5.41) is 3.30. The molecule has 1 N–H and O–H groups in total. The molecule has 1 nitrogen and oxygen atoms in total. The van der Waals surface area contributed by atoms with Crippen molar-refractivity contribution in [1.82, 2.24) is 0 Å². The molecule has 0 bridgehead atoms. The summed E-state index contributed by atoms with van der Waals surface area (Å²) in [6.45, 7) is 4.53. The lowest BCUT2D eigenvalue weighted by molar-refractivity contribution is 1.28. The highest BCUT2D eigenvalue weighted by molar-refractivity contribution is 9.11. The van der Waals surface area contributed by atoms with E-state index in [1.807, 2.05) is 12.1 Å². The van der Waals surface area contributed by atoms with Gasteiger partial charge in [-0.2, -0.15) is 0 Å². The summed E-state index contributed by atoms with van der Waals surface area (Å²) in [7, 11) is 0. The van der Waals surface area contributed by atoms with Crippen LogP contribution in [-0.4, -0.2) is 12.8 Å². The molecule has 70 valence electrons. The Hall–Kier alpha value is -0.410. The van der Waals surface area contributed by atoms with Gasteiger partial charge in [-0.15, -0.1) is 11.8 Å². The van der Waals surface area contributed by atoms with Crippen LogP contribution in [0.15, 0.2) is 40.2 Å². The molecular formula is C10H12BrNS. The van der Waals surface area contributed by atoms with Crippen LogP contribution in [0.3, 0.4) is 0 Å². The van der Waals surface area contributed by atoms with Crippen molar-refractivity contribution in [2.75, 3.05) is 18.1 Å². The number of anilines is 1. The van der Waals surface area contributed by atoms with Gasteiger partial charge >= 0.3 is 0 Å². The van der Waals surface area contributed by atoms with Gasteiger partial charge in [-0.3, -0.25) is 0 Å². The smallest absolute Gasteiger partial charge is 0.0481 e. The number of rotatable bonds is 4. The first-order chi connectivity index (χ1) is 6.24. The molecule has 1 aromatic carbocycles. The van der Waals surface area contributed by atoms with E-state index in [-0.39, 0.29) is 0 Å². The van der Waals surface area contributed by atoms with Crippen LogP contribution >= 0.6 is 27.7 Å². The minimum Gasteiger partial charge on any atom is -0.380 e. The Morgan fingerprint density at radius 2 is 2.23 bits per heavy atom. The average molecular weight is 258 g/mol. The first-order valence-electron chi connectivity index (χ1n) is 3.94. The van der Waals surface area contributed by atoms with Gasteiger partial charge in [0, 0.05) is 21.6 Å². The lowest BCUT2D eigenvalue weighted by Crippen LogP contribution is -2.01. The molecule has 0 saturated carbocycles. The van der Waals surface area contributed by atoms with E-state index < -0.39 is 0 Å². The Morgan fingerprint density at radius 1 is 1.54 bits per heavy atom. The second kappa shape index (κ2) is 5.35. The topological polar surface area (TPSA) is 12.0 Å². The fourth-order valence-electron chi connectivity index (χ4n) is 0.982. The van der Waals surface area contributed by atoms with Crippen LogP contribution in [0.2, 0.25) is 0 Å². The Morgan fingerprint density at radius 3 is 2.85 bits per heavy atom. The molecule has 0 aliphatic heterocycles. The van der Waals surface area contributed by atoms with Gasteiger partial charge < -0.3 is 5.32 Å². The summed E-state index contributed by atoms with van der Waals surface area (Å²) in [6, 6.07) is 8.24. The maximum Gasteiger partial charge on any atom is 0.0481 e. The van der Waals surface area contributed by atoms with E-state index >= 15 is 0 Å². The number of halogens is 1. The summed E-state index contributed by atoms with van der Waals surface area (Å²) < 4.78 is 0.961. The van der Waals surface area contributed by atoms with Crippen molar-refractivity contribution in [2.24, 2.45) is 0 Å². The molecule has 0 saturated heterocycles. The van der Waals surface area contributed by atoms with Crippen LogP contribution in [0.5, 0.6) is 0 Å². The van der Waals surface area contributed by atoms with Gasteiger partial charge in [0.05, 0.1) is 0 Å². The van der Waals surface area contributed by atoms with Crippen molar-refractivity contribution in [2.45, 2.75) is 4.90 Å². The minimum atomic E-state index is 0.761. The van der Waals surface area contributed by atoms with E-state index in [2.05, 4.69) is 46.2 Å². The van der Waals surface area contributed by atoms with Crippen molar-refractivity contribution >= 4 is 33.4 Å². The maximum atomic E-state index is 3.77. The van der Waals surface area contributed by atoms with Crippen LogP contribution < -0.4 is 5.32 Å². The van der Waals surface area contributed by atoms with Gasteiger partial charge in [0.2, 0.25) is 0 Å². The summed E-state index contributed by atoms with van der Waals surface area (Å²) in [5.41, 5.74) is 1.16. The number of para-hydroxylation sites is 1. The minimum absolute atomic E-state index is 0.761. The second-order valence-electron chi connectivity index (χ2n) is 2.57. The predicted octanol–water partition coefficient (Wildman–Crippen LogP) is 3.73. The van der Waals surface area contributed by atoms with Crippen LogP contribution in [0.4, 0.5) is 5.69 Å². The van der Waals surface area contributed by atoms with E-state index in [1.54, 1.807) is 11.8 Å². The van der Waals surface area contributed by atoms with Gasteiger partial charge in [-0.05, 0) is 18.4 Å². The van der Waals surface area contributed by atoms with Gasteiger partial charge in [-0.1, -0.05) is 34.6 Å². The summed E-state index contributed by atoms with van der Waals surface area (Å²) in [6.07, 6.45) is 2.07. The number of hydrogen-bond acceptors (Lipinski definition) is 2. The molecule has 0 unspecified atom stereocenters. The largest absolute Gasteiger partial charge is 0.380 e. The van der Waals surface area contributed by atoms with Crippen LogP contribution in [0.25, 0.3) is 0 Å². The highest BCUT2D eigenvalue weighted by atomic mass is 79.9. The van der Waals surface area contributed by atoms with E-state index in [0.29, 0.717) is 0 Å². The molecule has 0 aliphatic carbocycles. The number of benzene rings is 1. The van der Waals surface area contributed by atoms with Crippen molar-refractivity contribution in [3.63, 3.8) is 0 Å². The zero-order chi connectivity index (χ0) is 9.68. The molecule has 1 aromatic rings. The van der Waals surface area contributed by atoms with Gasteiger partial charge in [0.25, 0.3) is 0 Å². The second-order valence-corrected chi connectivity index (χ2v) is 4.54. The van der Waals surface area contributed by atoms with Crippen LogP contribution in [-0.2, 0) is 0 Å². The normalized spacial score (nSPS) is 9.69. The maximum absolute atomic E-state index is 3.77. The Balaban J connectivity index is 2.69. The zero-order valence-electron chi connectivity index (χ0n) is 7.51. The number of hydrogen-bond donors (Lipinski definition) is 1. The molecule has 0 spiro atoms. The number of thioether (sulfide) groups is 1. The number of nitrogens with one attached hydrogen (secondary N) is 1. The summed E-state index contributed by atoms with van der Waals surface area (Å²) >= 11 is 5.05. The van der Waals surface area contributed by atoms with Gasteiger partial charge in [-0.25, -0.2) is 0 Å². The zero-order valence-corrected chi connectivity index (χ0v) is 9.91. The Bertz CT molecular complexity index is 299. The molecule has 0 fully saturated rings. The molecule has 1 rings (SSSR count). The van der Waals surface area contributed by atoms with Crippen molar-refractivity contribution in [1.29, 1.82) is 0 Å². The van der Waals surface area contributed by atoms with Crippen molar-refractivity contribution < 1.29 is 0 Å². The highest BCUT2D eigenvalue weighted by Crippen LogP contribution is 2.24. The van der Waals surface area contributed by atoms with E-state index in [9.17, 15) is 0 Å².